The number of hydrogen-bond acceptors (Lipinski definition) is 5. The lowest BCUT2D eigenvalue weighted by Crippen LogP contribution is -2.26. The van der Waals surface area contributed by atoms with E-state index >= 15 is 0 Å². The quantitative estimate of drug-likeness (QED) is 0.689. The zero-order valence-corrected chi connectivity index (χ0v) is 11.5. The van der Waals surface area contributed by atoms with Crippen LogP contribution in [0.4, 0.5) is 0 Å². The van der Waals surface area contributed by atoms with Crippen molar-refractivity contribution in [2.45, 2.75) is 6.61 Å². The van der Waals surface area contributed by atoms with Gasteiger partial charge in [-0.3, -0.25) is 4.63 Å². The van der Waals surface area contributed by atoms with Gasteiger partial charge in [-0.2, -0.15) is 5.26 Å². The first kappa shape index (κ1) is 13.6. The summed E-state index contributed by atoms with van der Waals surface area (Å²) < 4.78 is 10.1. The molecule has 2 aromatic carbocycles. The number of benzene rings is 2. The van der Waals surface area contributed by atoms with Crippen molar-refractivity contribution in [3.63, 3.8) is 0 Å². The molecule has 1 heterocycles. The fourth-order valence-electron chi connectivity index (χ4n) is 1.98. The number of aromatic nitrogens is 2. The maximum Gasteiger partial charge on any atom is 0.302 e. The molecule has 3 rings (SSSR count). The van der Waals surface area contributed by atoms with Gasteiger partial charge in [0.15, 0.2) is 6.07 Å². The first-order chi connectivity index (χ1) is 10.8. The van der Waals surface area contributed by atoms with Crippen molar-refractivity contribution >= 4 is 0 Å². The van der Waals surface area contributed by atoms with Gasteiger partial charge in [-0.1, -0.05) is 30.3 Å². The fourth-order valence-corrected chi connectivity index (χ4v) is 1.98. The van der Waals surface area contributed by atoms with Gasteiger partial charge >= 0.3 is 5.69 Å². The fraction of sp³-hybridized carbons (Fsp3) is 0.0625. The number of nitriles is 1. The van der Waals surface area contributed by atoms with E-state index in [0.717, 1.165) is 5.56 Å². The van der Waals surface area contributed by atoms with Crippen molar-refractivity contribution in [2.24, 2.45) is 0 Å². The largest absolute Gasteiger partial charge is 0.489 e. The molecule has 0 spiro atoms. The van der Waals surface area contributed by atoms with Crippen LogP contribution < -0.4 is 9.64 Å². The smallest absolute Gasteiger partial charge is 0.302 e. The summed E-state index contributed by atoms with van der Waals surface area (Å²) in [5.41, 5.74) is 1.73. The number of hydrogen-bond donors (Lipinski definition) is 0. The Bertz CT molecular complexity index is 805. The highest BCUT2D eigenvalue weighted by Gasteiger charge is 2.20. The Hall–Kier alpha value is -3.33. The minimum atomic E-state index is -0.169. The van der Waals surface area contributed by atoms with Crippen LogP contribution in [0.1, 0.15) is 11.3 Å². The molecule has 0 bridgehead atoms. The van der Waals surface area contributed by atoms with Crippen LogP contribution in [0.2, 0.25) is 0 Å². The first-order valence-electron chi connectivity index (χ1n) is 6.55. The molecule has 108 valence electrons. The molecule has 3 aromatic rings. The number of ether oxygens (including phenoxy) is 1. The third kappa shape index (κ3) is 2.74. The summed E-state index contributed by atoms with van der Waals surface area (Å²) in [5.74, 6) is 0.685. The highest BCUT2D eigenvalue weighted by Crippen LogP contribution is 2.22. The Kier molecular flexibility index (Phi) is 3.70. The van der Waals surface area contributed by atoms with Crippen molar-refractivity contribution in [1.29, 1.82) is 5.26 Å². The van der Waals surface area contributed by atoms with Gasteiger partial charge in [0, 0.05) is 10.7 Å². The van der Waals surface area contributed by atoms with Crippen LogP contribution in [0.15, 0.2) is 59.2 Å². The van der Waals surface area contributed by atoms with Crippen LogP contribution in [-0.2, 0) is 6.61 Å². The number of nitrogens with zero attached hydrogens (tertiary/aromatic N) is 3. The van der Waals surface area contributed by atoms with Crippen LogP contribution in [0.3, 0.4) is 0 Å². The van der Waals surface area contributed by atoms with E-state index in [9.17, 15) is 5.21 Å². The van der Waals surface area contributed by atoms with E-state index in [1.165, 1.54) is 0 Å². The Balaban J connectivity index is 1.74. The normalized spacial score (nSPS) is 10.1. The summed E-state index contributed by atoms with van der Waals surface area (Å²) in [7, 11) is 0. The molecule has 0 fully saturated rings. The molecule has 0 unspecified atom stereocenters. The summed E-state index contributed by atoms with van der Waals surface area (Å²) in [5, 5.41) is 23.7. The SMILES string of the molecule is N#Cc1c(-c2ccc(OCc3ccccc3)cc2)no[n+]1[O-]. The van der Waals surface area contributed by atoms with Gasteiger partial charge in [-0.05, 0) is 34.7 Å². The lowest BCUT2D eigenvalue weighted by atomic mass is 10.1. The van der Waals surface area contributed by atoms with Crippen LogP contribution in [0, 0.1) is 16.5 Å². The maximum absolute atomic E-state index is 11.2. The van der Waals surface area contributed by atoms with Crippen molar-refractivity contribution in [2.75, 3.05) is 0 Å². The molecule has 1 aromatic heterocycles. The van der Waals surface area contributed by atoms with Gasteiger partial charge in [0.05, 0.1) is 0 Å². The highest BCUT2D eigenvalue weighted by molar-refractivity contribution is 5.63. The Morgan fingerprint density at radius 2 is 1.86 bits per heavy atom. The van der Waals surface area contributed by atoms with Crippen molar-refractivity contribution in [3.8, 4) is 23.1 Å². The van der Waals surface area contributed by atoms with Crippen LogP contribution in [0.25, 0.3) is 11.3 Å². The Labute approximate surface area is 126 Å². The molecule has 6 heteroatoms. The Morgan fingerprint density at radius 1 is 1.14 bits per heavy atom. The van der Waals surface area contributed by atoms with E-state index in [1.807, 2.05) is 30.3 Å². The Morgan fingerprint density at radius 3 is 2.55 bits per heavy atom. The molecule has 6 nitrogen and oxygen atoms in total. The third-order valence-electron chi connectivity index (χ3n) is 3.10. The van der Waals surface area contributed by atoms with Gasteiger partial charge in [0.2, 0.25) is 0 Å². The summed E-state index contributed by atoms with van der Waals surface area (Å²) in [6, 6.07) is 18.5. The molecule has 0 amide bonds. The van der Waals surface area contributed by atoms with Gasteiger partial charge in [0.1, 0.15) is 12.4 Å². The average Bonchev–Trinajstić information content (AvgIpc) is 2.95. The molecule has 0 N–H and O–H groups in total. The van der Waals surface area contributed by atoms with Gasteiger partial charge in [-0.15, -0.1) is 0 Å². The predicted molar refractivity (Wildman–Crippen MR) is 76.4 cm³/mol. The average molecular weight is 293 g/mol. The molecule has 0 aliphatic rings. The van der Waals surface area contributed by atoms with E-state index in [4.69, 9.17) is 10.00 Å². The van der Waals surface area contributed by atoms with E-state index in [0.29, 0.717) is 17.9 Å². The van der Waals surface area contributed by atoms with Gasteiger partial charge in [0.25, 0.3) is 5.69 Å². The molecule has 0 radical (unpaired) electrons. The zero-order chi connectivity index (χ0) is 15.4. The highest BCUT2D eigenvalue weighted by atomic mass is 16.8. The van der Waals surface area contributed by atoms with Gasteiger partial charge < -0.3 is 9.94 Å². The molecular weight excluding hydrogens is 282 g/mol. The maximum atomic E-state index is 11.2. The van der Waals surface area contributed by atoms with Crippen LogP contribution >= 0.6 is 0 Å². The zero-order valence-electron chi connectivity index (χ0n) is 11.5. The minimum Gasteiger partial charge on any atom is -0.489 e. The standard InChI is InChI=1S/C16H11N3O3/c17-10-15-16(18-22-19(15)20)13-6-8-14(9-7-13)21-11-12-4-2-1-3-5-12/h1-9H,11H2. The predicted octanol–water partition coefficient (Wildman–Crippen LogP) is 2.43. The monoisotopic (exact) mass is 293 g/mol. The molecule has 0 aliphatic heterocycles. The van der Waals surface area contributed by atoms with Crippen molar-refractivity contribution in [3.05, 3.63) is 71.1 Å². The first-order valence-corrected chi connectivity index (χ1v) is 6.55. The topological polar surface area (TPSA) is 86.0 Å². The van der Waals surface area contributed by atoms with Crippen molar-refractivity contribution in [1.82, 2.24) is 5.16 Å². The lowest BCUT2D eigenvalue weighted by Gasteiger charge is -2.06. The lowest BCUT2D eigenvalue weighted by molar-refractivity contribution is -0.804. The van der Waals surface area contributed by atoms with E-state index < -0.39 is 0 Å². The third-order valence-corrected chi connectivity index (χ3v) is 3.10. The number of rotatable bonds is 4. The summed E-state index contributed by atoms with van der Waals surface area (Å²) in [6.45, 7) is 0.466. The van der Waals surface area contributed by atoms with E-state index in [1.54, 1.807) is 30.3 Å². The van der Waals surface area contributed by atoms with Crippen molar-refractivity contribution < 1.29 is 14.3 Å². The van der Waals surface area contributed by atoms with E-state index in [2.05, 4.69) is 9.79 Å². The second-order valence-electron chi connectivity index (χ2n) is 4.54. The molecule has 0 saturated heterocycles. The summed E-state index contributed by atoms with van der Waals surface area (Å²) in [6.07, 6.45) is 0. The van der Waals surface area contributed by atoms with Crippen LogP contribution in [0.5, 0.6) is 5.75 Å². The van der Waals surface area contributed by atoms with Gasteiger partial charge in [-0.25, -0.2) is 0 Å². The summed E-state index contributed by atoms with van der Waals surface area (Å²) >= 11 is 0. The molecule has 0 atom stereocenters. The molecular formula is C16H11N3O3. The van der Waals surface area contributed by atoms with Crippen LogP contribution in [-0.4, -0.2) is 5.16 Å². The van der Waals surface area contributed by atoms with E-state index in [-0.39, 0.29) is 16.3 Å². The second-order valence-corrected chi connectivity index (χ2v) is 4.54. The molecule has 0 saturated carbocycles. The summed E-state index contributed by atoms with van der Waals surface area (Å²) in [4.78, 5) is 0.0924. The molecule has 0 aliphatic carbocycles. The second kappa shape index (κ2) is 5.97. The molecule has 22 heavy (non-hydrogen) atoms. The minimum absolute atomic E-state index is 0.0924.